The highest BCUT2D eigenvalue weighted by molar-refractivity contribution is 9.11. The fourth-order valence-electron chi connectivity index (χ4n) is 1.90. The number of halogens is 2. The Bertz CT molecular complexity index is 604. The molecule has 0 aliphatic heterocycles. The van der Waals surface area contributed by atoms with Gasteiger partial charge in [0.1, 0.15) is 5.75 Å². The van der Waals surface area contributed by atoms with Gasteiger partial charge in [-0.05, 0) is 52.5 Å². The first-order chi connectivity index (χ1) is 9.63. The molecule has 0 aromatic heterocycles. The minimum absolute atomic E-state index is 0.707. The van der Waals surface area contributed by atoms with E-state index >= 15 is 0 Å². The number of hydrogen-bond acceptors (Lipinski definition) is 3. The van der Waals surface area contributed by atoms with Gasteiger partial charge in [0.2, 0.25) is 0 Å². The summed E-state index contributed by atoms with van der Waals surface area (Å²) in [5.41, 5.74) is 2.21. The Kier molecular flexibility index (Phi) is 5.81. The molecule has 0 saturated heterocycles. The van der Waals surface area contributed by atoms with Gasteiger partial charge in [-0.1, -0.05) is 22.0 Å². The van der Waals surface area contributed by atoms with Gasteiger partial charge < -0.3 is 10.1 Å². The van der Waals surface area contributed by atoms with E-state index in [0.29, 0.717) is 6.54 Å². The van der Waals surface area contributed by atoms with Gasteiger partial charge in [-0.25, -0.2) is 0 Å². The molecule has 2 aromatic rings. The normalized spacial score (nSPS) is 10.4. The molecule has 0 aliphatic rings. The summed E-state index contributed by atoms with van der Waals surface area (Å²) < 4.78 is 7.43. The Labute approximate surface area is 140 Å². The minimum Gasteiger partial charge on any atom is -0.495 e. The lowest BCUT2D eigenvalue weighted by molar-refractivity contribution is 0.407. The molecule has 20 heavy (non-hydrogen) atoms. The van der Waals surface area contributed by atoms with Crippen LogP contribution in [0.3, 0.4) is 0 Å². The van der Waals surface area contributed by atoms with Crippen LogP contribution in [0.5, 0.6) is 5.75 Å². The zero-order valence-corrected chi connectivity index (χ0v) is 15.2. The first kappa shape index (κ1) is 15.7. The minimum atomic E-state index is 0.707. The van der Waals surface area contributed by atoms with Crippen molar-refractivity contribution in [3.05, 3.63) is 50.9 Å². The van der Waals surface area contributed by atoms with Crippen molar-refractivity contribution in [1.29, 1.82) is 0 Å². The number of ether oxygens (including phenoxy) is 1. The lowest BCUT2D eigenvalue weighted by Gasteiger charge is -2.13. The molecule has 106 valence electrons. The van der Waals surface area contributed by atoms with Crippen LogP contribution in [0.4, 0.5) is 5.69 Å². The number of anilines is 1. The summed E-state index contributed by atoms with van der Waals surface area (Å²) in [5.74, 6) is 0.863. The van der Waals surface area contributed by atoms with Gasteiger partial charge in [0.15, 0.2) is 0 Å². The molecule has 0 spiro atoms. The Morgan fingerprint density at radius 2 is 2.00 bits per heavy atom. The van der Waals surface area contributed by atoms with Crippen LogP contribution >= 0.6 is 43.6 Å². The maximum atomic E-state index is 5.45. The van der Waals surface area contributed by atoms with Crippen LogP contribution in [-0.4, -0.2) is 13.4 Å². The monoisotopic (exact) mass is 415 g/mol. The molecule has 0 aliphatic carbocycles. The Balaban J connectivity index is 2.18. The predicted molar refractivity (Wildman–Crippen MR) is 93.9 cm³/mol. The molecule has 1 N–H and O–H groups in total. The molecule has 2 rings (SSSR count). The molecular weight excluding hydrogens is 402 g/mol. The number of benzene rings is 2. The number of rotatable bonds is 5. The van der Waals surface area contributed by atoms with Crippen molar-refractivity contribution in [2.45, 2.75) is 11.4 Å². The Morgan fingerprint density at radius 3 is 2.70 bits per heavy atom. The summed E-state index contributed by atoms with van der Waals surface area (Å²) in [6.45, 7) is 0.707. The molecule has 5 heteroatoms. The quantitative estimate of drug-likeness (QED) is 0.645. The summed E-state index contributed by atoms with van der Waals surface area (Å²) in [4.78, 5) is 1.25. The van der Waals surface area contributed by atoms with E-state index in [4.69, 9.17) is 4.74 Å². The average Bonchev–Trinajstić information content (AvgIpc) is 2.45. The van der Waals surface area contributed by atoms with Gasteiger partial charge in [-0.2, -0.15) is 0 Å². The van der Waals surface area contributed by atoms with E-state index in [0.717, 1.165) is 25.9 Å². The number of thioether (sulfide) groups is 1. The first-order valence-corrected chi connectivity index (χ1v) is 8.85. The van der Waals surface area contributed by atoms with Crippen molar-refractivity contribution in [1.82, 2.24) is 0 Å². The second-order valence-electron chi connectivity index (χ2n) is 4.17. The second kappa shape index (κ2) is 7.38. The molecule has 0 amide bonds. The van der Waals surface area contributed by atoms with E-state index in [1.807, 2.05) is 6.07 Å². The molecule has 0 bridgehead atoms. The van der Waals surface area contributed by atoms with Crippen LogP contribution in [0, 0.1) is 0 Å². The van der Waals surface area contributed by atoms with Crippen molar-refractivity contribution in [3.63, 3.8) is 0 Å². The SMILES string of the molecule is COc1c(Br)cc(Br)cc1CNc1cccc(SC)c1. The number of nitrogens with one attached hydrogen (secondary N) is 1. The van der Waals surface area contributed by atoms with E-state index in [1.165, 1.54) is 4.90 Å². The molecule has 2 nitrogen and oxygen atoms in total. The summed E-state index contributed by atoms with van der Waals surface area (Å²) in [6.07, 6.45) is 2.08. The van der Waals surface area contributed by atoms with Crippen molar-refractivity contribution < 1.29 is 4.74 Å². The molecule has 0 heterocycles. The van der Waals surface area contributed by atoms with Crippen LogP contribution in [0.25, 0.3) is 0 Å². The first-order valence-electron chi connectivity index (χ1n) is 6.04. The van der Waals surface area contributed by atoms with E-state index in [-0.39, 0.29) is 0 Å². The van der Waals surface area contributed by atoms with Crippen LogP contribution in [0.15, 0.2) is 50.2 Å². The highest BCUT2D eigenvalue weighted by atomic mass is 79.9. The van der Waals surface area contributed by atoms with Gasteiger partial charge >= 0.3 is 0 Å². The number of methoxy groups -OCH3 is 1. The van der Waals surface area contributed by atoms with Gasteiger partial charge in [0, 0.05) is 27.2 Å². The van der Waals surface area contributed by atoms with Gasteiger partial charge in [-0.15, -0.1) is 11.8 Å². The van der Waals surface area contributed by atoms with Crippen LogP contribution in [0.1, 0.15) is 5.56 Å². The molecule has 0 saturated carbocycles. The van der Waals surface area contributed by atoms with E-state index < -0.39 is 0 Å². The van der Waals surface area contributed by atoms with E-state index in [1.54, 1.807) is 18.9 Å². The summed E-state index contributed by atoms with van der Waals surface area (Å²) in [7, 11) is 1.69. The van der Waals surface area contributed by atoms with Crippen molar-refractivity contribution >= 4 is 49.3 Å². The summed E-state index contributed by atoms with van der Waals surface area (Å²) in [5, 5.41) is 3.43. The van der Waals surface area contributed by atoms with Crippen LogP contribution in [-0.2, 0) is 6.54 Å². The lowest BCUT2D eigenvalue weighted by atomic mass is 10.2. The Hall–Kier alpha value is -0.650. The fraction of sp³-hybridized carbons (Fsp3) is 0.200. The maximum Gasteiger partial charge on any atom is 0.138 e. The van der Waals surface area contributed by atoms with Gasteiger partial charge in [-0.3, -0.25) is 0 Å². The lowest BCUT2D eigenvalue weighted by Crippen LogP contribution is -2.02. The third-order valence-corrected chi connectivity index (χ3v) is 4.61. The molecule has 0 fully saturated rings. The summed E-state index contributed by atoms with van der Waals surface area (Å²) >= 11 is 8.77. The second-order valence-corrected chi connectivity index (χ2v) is 6.82. The molecular formula is C15H15Br2NOS. The smallest absolute Gasteiger partial charge is 0.138 e. The zero-order valence-electron chi connectivity index (χ0n) is 11.2. The fourth-order valence-corrected chi connectivity index (χ4v) is 3.84. The standard InChI is InChI=1S/C15H15Br2NOS/c1-19-15-10(6-11(16)7-14(15)17)9-18-12-4-3-5-13(8-12)20-2/h3-8,18H,9H2,1-2H3. The zero-order chi connectivity index (χ0) is 14.5. The van der Waals surface area contributed by atoms with E-state index in [2.05, 4.69) is 73.8 Å². The van der Waals surface area contributed by atoms with E-state index in [9.17, 15) is 0 Å². The highest BCUT2D eigenvalue weighted by Gasteiger charge is 2.09. The third kappa shape index (κ3) is 3.93. The van der Waals surface area contributed by atoms with Crippen molar-refractivity contribution in [2.75, 3.05) is 18.7 Å². The average molecular weight is 417 g/mol. The number of hydrogen-bond donors (Lipinski definition) is 1. The topological polar surface area (TPSA) is 21.3 Å². The van der Waals surface area contributed by atoms with Gasteiger partial charge in [0.25, 0.3) is 0 Å². The van der Waals surface area contributed by atoms with Crippen LogP contribution in [0.2, 0.25) is 0 Å². The molecule has 0 atom stereocenters. The summed E-state index contributed by atoms with van der Waals surface area (Å²) in [6, 6.07) is 12.4. The molecule has 0 unspecified atom stereocenters. The van der Waals surface area contributed by atoms with Crippen LogP contribution < -0.4 is 10.1 Å². The third-order valence-electron chi connectivity index (χ3n) is 2.84. The highest BCUT2D eigenvalue weighted by Crippen LogP contribution is 2.33. The maximum absolute atomic E-state index is 5.45. The largest absolute Gasteiger partial charge is 0.495 e. The Morgan fingerprint density at radius 1 is 1.20 bits per heavy atom. The predicted octanol–water partition coefficient (Wildman–Crippen LogP) is 5.55. The van der Waals surface area contributed by atoms with Crippen molar-refractivity contribution in [2.24, 2.45) is 0 Å². The molecule has 2 aromatic carbocycles. The molecule has 0 radical (unpaired) electrons. The van der Waals surface area contributed by atoms with Gasteiger partial charge in [0.05, 0.1) is 11.6 Å². The van der Waals surface area contributed by atoms with Crippen molar-refractivity contribution in [3.8, 4) is 5.75 Å².